The number of pyridine rings is 1. The van der Waals surface area contributed by atoms with Crippen LogP contribution in [0, 0.1) is 12.7 Å². The SMILES string of the molecule is Cc1cccc(C(=O)N(Cc2ccc(F)cc2)C2CC2)n1. The summed E-state index contributed by atoms with van der Waals surface area (Å²) in [6.07, 6.45) is 2.05. The van der Waals surface area contributed by atoms with Crippen molar-refractivity contribution in [3.05, 3.63) is 65.2 Å². The first-order chi connectivity index (χ1) is 10.1. The molecular formula is C17H17FN2O. The van der Waals surface area contributed by atoms with E-state index in [9.17, 15) is 9.18 Å². The molecule has 1 saturated carbocycles. The van der Waals surface area contributed by atoms with E-state index in [1.165, 1.54) is 12.1 Å². The van der Waals surface area contributed by atoms with Crippen LogP contribution in [-0.2, 0) is 6.54 Å². The number of carbonyl (C=O) groups is 1. The van der Waals surface area contributed by atoms with E-state index in [0.29, 0.717) is 12.2 Å². The number of aromatic nitrogens is 1. The van der Waals surface area contributed by atoms with Gasteiger partial charge in [0.2, 0.25) is 0 Å². The van der Waals surface area contributed by atoms with E-state index in [0.717, 1.165) is 24.1 Å². The predicted molar refractivity (Wildman–Crippen MR) is 78.3 cm³/mol. The van der Waals surface area contributed by atoms with Crippen molar-refractivity contribution in [2.45, 2.75) is 32.4 Å². The number of aryl methyl sites for hydroxylation is 1. The predicted octanol–water partition coefficient (Wildman–Crippen LogP) is 3.33. The molecule has 1 aromatic carbocycles. The van der Waals surface area contributed by atoms with Gasteiger partial charge in [-0.05, 0) is 49.6 Å². The summed E-state index contributed by atoms with van der Waals surface area (Å²) in [5, 5.41) is 0. The summed E-state index contributed by atoms with van der Waals surface area (Å²) < 4.78 is 13.0. The zero-order valence-electron chi connectivity index (χ0n) is 11.9. The van der Waals surface area contributed by atoms with Crippen molar-refractivity contribution >= 4 is 5.91 Å². The van der Waals surface area contributed by atoms with Crippen LogP contribution in [0.5, 0.6) is 0 Å². The molecular weight excluding hydrogens is 267 g/mol. The normalized spacial score (nSPS) is 14.0. The first kappa shape index (κ1) is 13.7. The molecule has 2 aromatic rings. The topological polar surface area (TPSA) is 33.2 Å². The Morgan fingerprint density at radius 3 is 2.57 bits per heavy atom. The second-order valence-electron chi connectivity index (χ2n) is 5.45. The molecule has 3 nitrogen and oxygen atoms in total. The van der Waals surface area contributed by atoms with E-state index in [-0.39, 0.29) is 17.8 Å². The molecule has 1 heterocycles. The van der Waals surface area contributed by atoms with Crippen LogP contribution < -0.4 is 0 Å². The molecule has 1 aromatic heterocycles. The lowest BCUT2D eigenvalue weighted by molar-refractivity contribution is 0.0723. The fourth-order valence-corrected chi connectivity index (χ4v) is 2.35. The Balaban J connectivity index is 1.81. The van der Waals surface area contributed by atoms with Crippen LogP contribution >= 0.6 is 0 Å². The van der Waals surface area contributed by atoms with Gasteiger partial charge in [-0.15, -0.1) is 0 Å². The number of amides is 1. The van der Waals surface area contributed by atoms with Gasteiger partial charge < -0.3 is 4.90 Å². The fraction of sp³-hybridized carbons (Fsp3) is 0.294. The summed E-state index contributed by atoms with van der Waals surface area (Å²) in [6.45, 7) is 2.37. The Bertz CT molecular complexity index is 650. The van der Waals surface area contributed by atoms with Gasteiger partial charge in [-0.25, -0.2) is 9.37 Å². The highest BCUT2D eigenvalue weighted by atomic mass is 19.1. The zero-order chi connectivity index (χ0) is 14.8. The first-order valence-corrected chi connectivity index (χ1v) is 7.12. The van der Waals surface area contributed by atoms with E-state index in [2.05, 4.69) is 4.98 Å². The van der Waals surface area contributed by atoms with E-state index >= 15 is 0 Å². The third-order valence-electron chi connectivity index (χ3n) is 3.62. The fourth-order valence-electron chi connectivity index (χ4n) is 2.35. The summed E-state index contributed by atoms with van der Waals surface area (Å²) in [6, 6.07) is 12.0. The largest absolute Gasteiger partial charge is 0.330 e. The molecule has 0 aliphatic heterocycles. The van der Waals surface area contributed by atoms with Gasteiger partial charge in [0.25, 0.3) is 5.91 Å². The van der Waals surface area contributed by atoms with Crippen molar-refractivity contribution in [2.75, 3.05) is 0 Å². The lowest BCUT2D eigenvalue weighted by Gasteiger charge is -2.22. The summed E-state index contributed by atoms with van der Waals surface area (Å²) in [5.74, 6) is -0.311. The van der Waals surface area contributed by atoms with Crippen LogP contribution in [0.25, 0.3) is 0 Å². The van der Waals surface area contributed by atoms with Gasteiger partial charge in [-0.1, -0.05) is 18.2 Å². The summed E-state index contributed by atoms with van der Waals surface area (Å²) in [4.78, 5) is 18.8. The average molecular weight is 284 g/mol. The molecule has 4 heteroatoms. The van der Waals surface area contributed by atoms with Crippen LogP contribution in [0.15, 0.2) is 42.5 Å². The lowest BCUT2D eigenvalue weighted by Crippen LogP contribution is -2.33. The van der Waals surface area contributed by atoms with Crippen LogP contribution in [0.3, 0.4) is 0 Å². The van der Waals surface area contributed by atoms with Gasteiger partial charge in [0.15, 0.2) is 0 Å². The van der Waals surface area contributed by atoms with Crippen molar-refractivity contribution in [3.8, 4) is 0 Å². The summed E-state index contributed by atoms with van der Waals surface area (Å²) >= 11 is 0. The van der Waals surface area contributed by atoms with Gasteiger partial charge in [0.05, 0.1) is 0 Å². The number of hydrogen-bond acceptors (Lipinski definition) is 2. The molecule has 1 aliphatic rings. The number of halogens is 1. The molecule has 108 valence electrons. The molecule has 0 radical (unpaired) electrons. The molecule has 1 fully saturated rings. The molecule has 0 spiro atoms. The maximum Gasteiger partial charge on any atom is 0.273 e. The Morgan fingerprint density at radius 2 is 1.95 bits per heavy atom. The molecule has 1 aliphatic carbocycles. The van der Waals surface area contributed by atoms with Gasteiger partial charge in [-0.3, -0.25) is 4.79 Å². The molecule has 0 unspecified atom stereocenters. The maximum atomic E-state index is 13.0. The molecule has 3 rings (SSSR count). The van der Waals surface area contributed by atoms with E-state index in [4.69, 9.17) is 0 Å². The number of hydrogen-bond donors (Lipinski definition) is 0. The second-order valence-corrected chi connectivity index (χ2v) is 5.45. The van der Waals surface area contributed by atoms with Crippen molar-refractivity contribution < 1.29 is 9.18 Å². The first-order valence-electron chi connectivity index (χ1n) is 7.12. The third-order valence-corrected chi connectivity index (χ3v) is 3.62. The smallest absolute Gasteiger partial charge is 0.273 e. The zero-order valence-corrected chi connectivity index (χ0v) is 11.9. The monoisotopic (exact) mass is 284 g/mol. The van der Waals surface area contributed by atoms with E-state index < -0.39 is 0 Å². The van der Waals surface area contributed by atoms with Crippen molar-refractivity contribution in [3.63, 3.8) is 0 Å². The van der Waals surface area contributed by atoms with Crippen LogP contribution in [0.2, 0.25) is 0 Å². The number of benzene rings is 1. The van der Waals surface area contributed by atoms with Crippen LogP contribution in [0.1, 0.15) is 34.6 Å². The third kappa shape index (κ3) is 3.27. The number of carbonyl (C=O) groups excluding carboxylic acids is 1. The lowest BCUT2D eigenvalue weighted by atomic mass is 10.2. The molecule has 1 amide bonds. The highest BCUT2D eigenvalue weighted by Crippen LogP contribution is 2.29. The quantitative estimate of drug-likeness (QED) is 0.862. The van der Waals surface area contributed by atoms with E-state index in [1.807, 2.05) is 24.0 Å². The minimum absolute atomic E-state index is 0.0504. The van der Waals surface area contributed by atoms with E-state index in [1.54, 1.807) is 18.2 Å². The van der Waals surface area contributed by atoms with Gasteiger partial charge >= 0.3 is 0 Å². The Morgan fingerprint density at radius 1 is 1.24 bits per heavy atom. The molecule has 0 atom stereocenters. The van der Waals surface area contributed by atoms with Gasteiger partial charge in [0.1, 0.15) is 11.5 Å². The summed E-state index contributed by atoms with van der Waals surface area (Å²) in [5.41, 5.74) is 2.24. The van der Waals surface area contributed by atoms with Crippen LogP contribution in [-0.4, -0.2) is 21.8 Å². The highest BCUT2D eigenvalue weighted by Gasteiger charge is 2.33. The van der Waals surface area contributed by atoms with Crippen molar-refractivity contribution in [1.29, 1.82) is 0 Å². The van der Waals surface area contributed by atoms with Gasteiger partial charge in [-0.2, -0.15) is 0 Å². The standard InChI is InChI=1S/C17H17FN2O/c1-12-3-2-4-16(19-12)17(21)20(15-9-10-15)11-13-5-7-14(18)8-6-13/h2-8,15H,9-11H2,1H3. The minimum atomic E-state index is -0.261. The molecule has 21 heavy (non-hydrogen) atoms. The summed E-state index contributed by atoms with van der Waals surface area (Å²) in [7, 11) is 0. The molecule has 0 bridgehead atoms. The average Bonchev–Trinajstić information content (AvgIpc) is 3.30. The number of rotatable bonds is 4. The van der Waals surface area contributed by atoms with Crippen molar-refractivity contribution in [2.24, 2.45) is 0 Å². The van der Waals surface area contributed by atoms with Gasteiger partial charge in [0, 0.05) is 18.3 Å². The van der Waals surface area contributed by atoms with Crippen LogP contribution in [0.4, 0.5) is 4.39 Å². The Kier molecular flexibility index (Phi) is 3.69. The molecule has 0 N–H and O–H groups in total. The highest BCUT2D eigenvalue weighted by molar-refractivity contribution is 5.92. The maximum absolute atomic E-state index is 13.0. The van der Waals surface area contributed by atoms with Crippen molar-refractivity contribution in [1.82, 2.24) is 9.88 Å². The minimum Gasteiger partial charge on any atom is -0.330 e. The Labute approximate surface area is 123 Å². The molecule has 0 saturated heterocycles. The second kappa shape index (κ2) is 5.64. The number of nitrogens with zero attached hydrogens (tertiary/aromatic N) is 2. The Hall–Kier alpha value is -2.23.